The van der Waals surface area contributed by atoms with Crippen LogP contribution in [0.3, 0.4) is 0 Å². The molecule has 3 aromatic carbocycles. The Labute approximate surface area is 183 Å². The quantitative estimate of drug-likeness (QED) is 0.413. The summed E-state index contributed by atoms with van der Waals surface area (Å²) in [4.78, 5) is 0. The molecule has 0 atom stereocenters. The first-order valence-electron chi connectivity index (χ1n) is 10.4. The van der Waals surface area contributed by atoms with Gasteiger partial charge in [-0.3, -0.25) is 0 Å². The van der Waals surface area contributed by atoms with Gasteiger partial charge in [-0.1, -0.05) is 46.3 Å². The fourth-order valence-corrected chi connectivity index (χ4v) is 5.14. The topological polar surface area (TPSA) is 27.3 Å². The van der Waals surface area contributed by atoms with E-state index in [0.717, 1.165) is 55.1 Å². The average Bonchev–Trinajstić information content (AvgIpc) is 3.49. The molecule has 0 amide bonds. The lowest BCUT2D eigenvalue weighted by molar-refractivity contribution is -0.663. The van der Waals surface area contributed by atoms with Crippen molar-refractivity contribution in [3.05, 3.63) is 87.7 Å². The molecular weight excluding hydrogens is 440 g/mol. The molecule has 0 saturated carbocycles. The summed E-state index contributed by atoms with van der Waals surface area (Å²) >= 11 is 3.70. The Bertz CT molecular complexity index is 1250. The molecule has 0 bridgehead atoms. The second-order valence-corrected chi connectivity index (χ2v) is 8.82. The molecule has 0 spiro atoms. The van der Waals surface area contributed by atoms with Gasteiger partial charge in [0.05, 0.1) is 13.2 Å². The average molecular weight is 462 g/mol. The molecule has 0 unspecified atom stereocenters. The molecule has 0 N–H and O–H groups in total. The third kappa shape index (κ3) is 2.91. The second kappa shape index (κ2) is 7.17. The van der Waals surface area contributed by atoms with E-state index in [9.17, 15) is 0 Å². The number of para-hydroxylation sites is 2. The molecule has 2 aliphatic rings. The maximum absolute atomic E-state index is 6.08. The summed E-state index contributed by atoms with van der Waals surface area (Å²) < 4.78 is 17.8. The Balaban J connectivity index is 1.46. The van der Waals surface area contributed by atoms with Crippen LogP contribution < -0.4 is 14.0 Å². The van der Waals surface area contributed by atoms with Gasteiger partial charge in [0.15, 0.2) is 11.0 Å². The second-order valence-electron chi connectivity index (χ2n) is 7.97. The number of fused-ring (bicyclic) bond motifs is 3. The van der Waals surface area contributed by atoms with Gasteiger partial charge in [0.25, 0.3) is 0 Å². The summed E-state index contributed by atoms with van der Waals surface area (Å²) in [6, 6.07) is 19.2. The molecule has 5 heteroatoms. The molecule has 6 rings (SSSR count). The van der Waals surface area contributed by atoms with Gasteiger partial charge in [0, 0.05) is 39.6 Å². The fraction of sp³-hybridized carbons (Fsp3) is 0.240. The Morgan fingerprint density at radius 3 is 2.73 bits per heavy atom. The van der Waals surface area contributed by atoms with Crippen LogP contribution in [0.25, 0.3) is 11.0 Å². The van der Waals surface area contributed by atoms with Crippen molar-refractivity contribution in [3.8, 4) is 11.5 Å². The molecule has 0 aliphatic carbocycles. The van der Waals surface area contributed by atoms with E-state index < -0.39 is 0 Å². The van der Waals surface area contributed by atoms with Crippen molar-refractivity contribution in [2.45, 2.75) is 25.9 Å². The summed E-state index contributed by atoms with van der Waals surface area (Å²) in [5, 5.41) is 0. The Morgan fingerprint density at radius 2 is 1.80 bits per heavy atom. The monoisotopic (exact) mass is 461 g/mol. The number of ether oxygens (including phenoxy) is 2. The highest BCUT2D eigenvalue weighted by atomic mass is 79.9. The van der Waals surface area contributed by atoms with Crippen LogP contribution in [0.15, 0.2) is 65.4 Å². The molecule has 0 saturated heterocycles. The number of benzene rings is 3. The molecule has 4 nitrogen and oxygen atoms in total. The number of halogens is 1. The number of aromatic nitrogens is 2. The Kier molecular flexibility index (Phi) is 4.30. The van der Waals surface area contributed by atoms with Gasteiger partial charge in [0.2, 0.25) is 6.33 Å². The van der Waals surface area contributed by atoms with Crippen molar-refractivity contribution in [3.63, 3.8) is 0 Å². The first-order chi connectivity index (χ1) is 14.8. The highest BCUT2D eigenvalue weighted by molar-refractivity contribution is 9.10. The molecule has 4 aromatic rings. The van der Waals surface area contributed by atoms with Gasteiger partial charge < -0.3 is 9.47 Å². The Hall–Kier alpha value is -2.79. The molecule has 150 valence electrons. The van der Waals surface area contributed by atoms with Crippen LogP contribution in [0.2, 0.25) is 0 Å². The predicted molar refractivity (Wildman–Crippen MR) is 119 cm³/mol. The van der Waals surface area contributed by atoms with Crippen LogP contribution in [0.1, 0.15) is 22.3 Å². The number of rotatable bonds is 4. The number of imidazole rings is 1. The lowest BCUT2D eigenvalue weighted by Crippen LogP contribution is -2.33. The normalized spacial score (nSPS) is 14.4. The first kappa shape index (κ1) is 18.0. The van der Waals surface area contributed by atoms with Gasteiger partial charge in [-0.15, -0.1) is 0 Å². The first-order valence-corrected chi connectivity index (χ1v) is 11.2. The van der Waals surface area contributed by atoms with E-state index >= 15 is 0 Å². The van der Waals surface area contributed by atoms with E-state index in [1.807, 2.05) is 0 Å². The predicted octanol–water partition coefficient (Wildman–Crippen LogP) is 4.66. The lowest BCUT2D eigenvalue weighted by Gasteiger charge is -2.11. The SMILES string of the molecule is Brc1ccccc1C[n+]1cn(Cc2c3c(cc4c2OCC4)OCC3)c2ccccc21. The van der Waals surface area contributed by atoms with Crippen molar-refractivity contribution < 1.29 is 14.0 Å². The van der Waals surface area contributed by atoms with Gasteiger partial charge in [-0.05, 0) is 24.3 Å². The number of hydrogen-bond donors (Lipinski definition) is 0. The van der Waals surface area contributed by atoms with Crippen LogP contribution >= 0.6 is 15.9 Å². The zero-order chi connectivity index (χ0) is 20.1. The van der Waals surface area contributed by atoms with E-state index in [1.165, 1.54) is 33.3 Å². The van der Waals surface area contributed by atoms with Crippen molar-refractivity contribution in [1.82, 2.24) is 4.57 Å². The van der Waals surface area contributed by atoms with Crippen LogP contribution in [-0.4, -0.2) is 17.8 Å². The molecule has 1 aromatic heterocycles. The van der Waals surface area contributed by atoms with Gasteiger partial charge in [-0.25, -0.2) is 9.13 Å². The zero-order valence-corrected chi connectivity index (χ0v) is 18.2. The molecule has 2 aliphatic heterocycles. The minimum Gasteiger partial charge on any atom is -0.493 e. The third-order valence-corrected chi connectivity index (χ3v) is 6.94. The van der Waals surface area contributed by atoms with E-state index in [-0.39, 0.29) is 0 Å². The highest BCUT2D eigenvalue weighted by Crippen LogP contribution is 2.41. The van der Waals surface area contributed by atoms with E-state index in [2.05, 4.69) is 86.0 Å². The summed E-state index contributed by atoms with van der Waals surface area (Å²) in [5.74, 6) is 2.13. The van der Waals surface area contributed by atoms with Crippen LogP contribution in [0.4, 0.5) is 0 Å². The minimum absolute atomic E-state index is 0.764. The van der Waals surface area contributed by atoms with Crippen LogP contribution in [0.5, 0.6) is 11.5 Å². The zero-order valence-electron chi connectivity index (χ0n) is 16.6. The standard InChI is InChI=1S/C25H22BrN2O2/c26-21-6-2-1-5-18(21)14-27-16-28(23-8-4-3-7-22(23)27)15-20-19-10-12-29-24(19)13-17-9-11-30-25(17)20/h1-8,13,16H,9-12,14-15H2/q+1. The minimum atomic E-state index is 0.764. The van der Waals surface area contributed by atoms with E-state index in [4.69, 9.17) is 9.47 Å². The summed E-state index contributed by atoms with van der Waals surface area (Å²) in [7, 11) is 0. The van der Waals surface area contributed by atoms with Crippen molar-refractivity contribution in [1.29, 1.82) is 0 Å². The smallest absolute Gasteiger partial charge is 0.245 e. The van der Waals surface area contributed by atoms with Crippen LogP contribution in [-0.2, 0) is 25.9 Å². The molecule has 30 heavy (non-hydrogen) atoms. The summed E-state index contributed by atoms with van der Waals surface area (Å²) in [6.07, 6.45) is 4.16. The molecular formula is C25H22BrN2O2+. The van der Waals surface area contributed by atoms with E-state index in [1.54, 1.807) is 0 Å². The summed E-state index contributed by atoms with van der Waals surface area (Å²) in [6.45, 7) is 3.14. The largest absolute Gasteiger partial charge is 0.493 e. The fourth-order valence-electron chi connectivity index (χ4n) is 4.73. The number of nitrogens with zero attached hydrogens (tertiary/aromatic N) is 2. The van der Waals surface area contributed by atoms with Gasteiger partial charge in [-0.2, -0.15) is 0 Å². The van der Waals surface area contributed by atoms with Crippen molar-refractivity contribution in [2.24, 2.45) is 0 Å². The maximum atomic E-state index is 6.08. The van der Waals surface area contributed by atoms with Gasteiger partial charge >= 0.3 is 0 Å². The van der Waals surface area contributed by atoms with Gasteiger partial charge in [0.1, 0.15) is 24.6 Å². The van der Waals surface area contributed by atoms with Crippen molar-refractivity contribution in [2.75, 3.05) is 13.2 Å². The maximum Gasteiger partial charge on any atom is 0.245 e. The molecule has 0 fully saturated rings. The molecule has 3 heterocycles. The van der Waals surface area contributed by atoms with E-state index in [0.29, 0.717) is 0 Å². The highest BCUT2D eigenvalue weighted by Gasteiger charge is 2.28. The lowest BCUT2D eigenvalue weighted by atomic mass is 9.99. The molecule has 0 radical (unpaired) electrons. The summed E-state index contributed by atoms with van der Waals surface area (Å²) in [5.41, 5.74) is 7.60. The van der Waals surface area contributed by atoms with Crippen molar-refractivity contribution >= 4 is 27.0 Å². The third-order valence-electron chi connectivity index (χ3n) is 6.17. The number of hydrogen-bond acceptors (Lipinski definition) is 2. The van der Waals surface area contributed by atoms with Crippen LogP contribution in [0, 0.1) is 0 Å². The Morgan fingerprint density at radius 1 is 0.967 bits per heavy atom.